The highest BCUT2D eigenvalue weighted by Crippen LogP contribution is 2.28. The van der Waals surface area contributed by atoms with Gasteiger partial charge in [0.2, 0.25) is 5.91 Å². The number of thiophene rings is 1. The van der Waals surface area contributed by atoms with Crippen LogP contribution in [0, 0.1) is 6.92 Å². The molecule has 1 aliphatic rings. The van der Waals surface area contributed by atoms with Crippen LogP contribution < -0.4 is 5.73 Å². The van der Waals surface area contributed by atoms with Gasteiger partial charge < -0.3 is 15.4 Å². The van der Waals surface area contributed by atoms with E-state index in [4.69, 9.17) is 10.5 Å². The molecule has 0 radical (unpaired) electrons. The van der Waals surface area contributed by atoms with Crippen LogP contribution in [0.5, 0.6) is 0 Å². The Morgan fingerprint density at radius 2 is 1.90 bits per heavy atom. The maximum Gasteiger partial charge on any atom is 0.251 e. The summed E-state index contributed by atoms with van der Waals surface area (Å²) in [6, 6.07) is 20.1. The number of carbonyl (C=O) groups is 2. The number of rotatable bonds is 6. The molecule has 1 aromatic heterocycles. The van der Waals surface area contributed by atoms with Crippen molar-refractivity contribution in [3.05, 3.63) is 82.7 Å². The third-order valence-electron chi connectivity index (χ3n) is 5.67. The lowest BCUT2D eigenvalue weighted by molar-refractivity contribution is -0.163. The fraction of sp³-hybridized carbons (Fsp3) is 0.280. The number of nitrogens with two attached hydrogens (primary N) is 1. The minimum absolute atomic E-state index is 0.0208. The molecule has 6 heteroatoms. The van der Waals surface area contributed by atoms with Crippen LogP contribution in [0.2, 0.25) is 0 Å². The first-order valence-electron chi connectivity index (χ1n) is 10.4. The summed E-state index contributed by atoms with van der Waals surface area (Å²) >= 11 is 1.68. The van der Waals surface area contributed by atoms with Gasteiger partial charge in [-0.05, 0) is 35.1 Å². The van der Waals surface area contributed by atoms with E-state index in [-0.39, 0.29) is 19.1 Å². The second-order valence-corrected chi connectivity index (χ2v) is 8.99. The van der Waals surface area contributed by atoms with Crippen LogP contribution in [0.15, 0.2) is 66.0 Å². The predicted octanol–water partition coefficient (Wildman–Crippen LogP) is 3.59. The number of nitrogens with zero attached hydrogens (tertiary/aromatic N) is 1. The van der Waals surface area contributed by atoms with Gasteiger partial charge in [-0.15, -0.1) is 11.3 Å². The van der Waals surface area contributed by atoms with Crippen molar-refractivity contribution < 1.29 is 14.3 Å². The average Bonchev–Trinajstić information content (AvgIpc) is 3.29. The molecule has 1 aliphatic heterocycles. The summed E-state index contributed by atoms with van der Waals surface area (Å²) < 4.78 is 5.92. The lowest BCUT2D eigenvalue weighted by Crippen LogP contribution is -2.61. The highest BCUT2D eigenvalue weighted by atomic mass is 32.1. The number of hydrogen-bond acceptors (Lipinski definition) is 4. The van der Waals surface area contributed by atoms with Crippen molar-refractivity contribution >= 4 is 23.2 Å². The van der Waals surface area contributed by atoms with E-state index in [9.17, 15) is 9.59 Å². The molecule has 0 saturated carbocycles. The maximum absolute atomic E-state index is 12.9. The van der Waals surface area contributed by atoms with Gasteiger partial charge in [-0.25, -0.2) is 0 Å². The number of carbonyl (C=O) groups excluding carboxylic acids is 2. The second-order valence-electron chi connectivity index (χ2n) is 8.04. The molecule has 2 heterocycles. The van der Waals surface area contributed by atoms with E-state index in [1.54, 1.807) is 16.2 Å². The molecule has 5 nitrogen and oxygen atoms in total. The minimum atomic E-state index is -1.22. The summed E-state index contributed by atoms with van der Waals surface area (Å²) in [4.78, 5) is 28.3. The average molecular weight is 435 g/mol. The van der Waals surface area contributed by atoms with E-state index in [0.717, 1.165) is 22.3 Å². The molecule has 31 heavy (non-hydrogen) atoms. The second kappa shape index (κ2) is 9.04. The first kappa shape index (κ1) is 21.3. The van der Waals surface area contributed by atoms with E-state index >= 15 is 0 Å². The Kier molecular flexibility index (Phi) is 6.20. The van der Waals surface area contributed by atoms with Crippen molar-refractivity contribution in [1.29, 1.82) is 0 Å². The summed E-state index contributed by atoms with van der Waals surface area (Å²) in [5.74, 6) is -0.560. The zero-order chi connectivity index (χ0) is 21.8. The lowest BCUT2D eigenvalue weighted by Gasteiger charge is -2.41. The van der Waals surface area contributed by atoms with Gasteiger partial charge in [-0.3, -0.25) is 9.59 Å². The molecular weight excluding hydrogens is 408 g/mol. The van der Waals surface area contributed by atoms with E-state index in [1.165, 1.54) is 4.88 Å². The summed E-state index contributed by atoms with van der Waals surface area (Å²) in [6.45, 7) is 2.91. The van der Waals surface area contributed by atoms with Crippen molar-refractivity contribution in [3.8, 4) is 10.4 Å². The standard InChI is InChI=1S/C25H26N2O3S/c1-18-4-2-5-20(14-18)15-23(28)27-11-12-30-25(17-27,24(26)29)16-19-7-9-21(10-8-19)22-6-3-13-31-22/h2-10,13-14H,11-12,15-17H2,1H3,(H2,26,29)/t25-/m1/s1. The van der Waals surface area contributed by atoms with Crippen molar-refractivity contribution in [2.24, 2.45) is 5.73 Å². The first-order valence-corrected chi connectivity index (χ1v) is 11.2. The number of hydrogen-bond donors (Lipinski definition) is 1. The zero-order valence-corrected chi connectivity index (χ0v) is 18.4. The fourth-order valence-corrected chi connectivity index (χ4v) is 4.74. The van der Waals surface area contributed by atoms with E-state index < -0.39 is 11.5 Å². The molecule has 2 amide bonds. The predicted molar refractivity (Wildman–Crippen MR) is 123 cm³/mol. The minimum Gasteiger partial charge on any atom is -0.367 e. The van der Waals surface area contributed by atoms with E-state index in [0.29, 0.717) is 19.4 Å². The quantitative estimate of drug-likeness (QED) is 0.644. The topological polar surface area (TPSA) is 72.6 Å². The molecule has 1 atom stereocenters. The van der Waals surface area contributed by atoms with Gasteiger partial charge in [-0.1, -0.05) is 60.2 Å². The van der Waals surface area contributed by atoms with Crippen molar-refractivity contribution in [2.45, 2.75) is 25.4 Å². The lowest BCUT2D eigenvalue weighted by atomic mass is 9.91. The van der Waals surface area contributed by atoms with Gasteiger partial charge in [0.05, 0.1) is 19.6 Å². The summed E-state index contributed by atoms with van der Waals surface area (Å²) in [5, 5.41) is 2.05. The molecule has 2 aromatic carbocycles. The van der Waals surface area contributed by atoms with Crippen molar-refractivity contribution in [1.82, 2.24) is 4.90 Å². The first-order chi connectivity index (χ1) is 14.9. The summed E-state index contributed by atoms with van der Waals surface area (Å²) in [5.41, 5.74) is 8.74. The smallest absolute Gasteiger partial charge is 0.251 e. The van der Waals surface area contributed by atoms with Crippen molar-refractivity contribution in [2.75, 3.05) is 19.7 Å². The SMILES string of the molecule is Cc1cccc(CC(=O)N2CCO[C@@](Cc3ccc(-c4cccs4)cc3)(C(N)=O)C2)c1. The number of aryl methyl sites for hydroxylation is 1. The largest absolute Gasteiger partial charge is 0.367 e. The molecule has 1 fully saturated rings. The Balaban J connectivity index is 1.49. The highest BCUT2D eigenvalue weighted by Gasteiger charge is 2.43. The Morgan fingerprint density at radius 3 is 2.58 bits per heavy atom. The Bertz CT molecular complexity index is 1060. The number of benzene rings is 2. The van der Waals surface area contributed by atoms with Crippen LogP contribution in [0.25, 0.3) is 10.4 Å². The molecule has 0 bridgehead atoms. The van der Waals surface area contributed by atoms with Gasteiger partial charge in [0.15, 0.2) is 5.60 Å². The molecule has 0 aliphatic carbocycles. The Morgan fingerprint density at radius 1 is 1.10 bits per heavy atom. The van der Waals surface area contributed by atoms with Gasteiger partial charge in [0, 0.05) is 17.8 Å². The maximum atomic E-state index is 12.9. The molecule has 0 spiro atoms. The summed E-state index contributed by atoms with van der Waals surface area (Å²) in [6.07, 6.45) is 0.632. The molecule has 4 rings (SSSR count). The van der Waals surface area contributed by atoms with Crippen LogP contribution in [0.3, 0.4) is 0 Å². The van der Waals surface area contributed by atoms with Crippen LogP contribution in [-0.4, -0.2) is 42.0 Å². The van der Waals surface area contributed by atoms with Crippen molar-refractivity contribution in [3.63, 3.8) is 0 Å². The monoisotopic (exact) mass is 434 g/mol. The molecule has 1 saturated heterocycles. The Hall–Kier alpha value is -2.96. The highest BCUT2D eigenvalue weighted by molar-refractivity contribution is 7.13. The molecule has 3 aromatic rings. The number of morpholine rings is 1. The Labute approximate surface area is 186 Å². The third-order valence-corrected chi connectivity index (χ3v) is 6.59. The molecule has 0 unspecified atom stereocenters. The molecular formula is C25H26N2O3S. The number of ether oxygens (including phenoxy) is 1. The van der Waals surface area contributed by atoms with E-state index in [2.05, 4.69) is 6.07 Å². The van der Waals surface area contributed by atoms with Gasteiger partial charge in [0.25, 0.3) is 5.91 Å². The summed E-state index contributed by atoms with van der Waals surface area (Å²) in [7, 11) is 0. The third kappa shape index (κ3) is 4.86. The zero-order valence-electron chi connectivity index (χ0n) is 17.5. The van der Waals surface area contributed by atoms with E-state index in [1.807, 2.05) is 66.9 Å². The molecule has 160 valence electrons. The number of amides is 2. The van der Waals surface area contributed by atoms with Gasteiger partial charge in [0.1, 0.15) is 0 Å². The normalized spacial score (nSPS) is 18.7. The van der Waals surface area contributed by atoms with Gasteiger partial charge in [-0.2, -0.15) is 0 Å². The number of primary amides is 1. The van der Waals surface area contributed by atoms with Crippen LogP contribution in [-0.2, 0) is 27.2 Å². The molecule has 2 N–H and O–H groups in total. The van der Waals surface area contributed by atoms with Crippen LogP contribution in [0.1, 0.15) is 16.7 Å². The van der Waals surface area contributed by atoms with Crippen LogP contribution >= 0.6 is 11.3 Å². The fourth-order valence-electron chi connectivity index (χ4n) is 4.01. The van der Waals surface area contributed by atoms with Crippen LogP contribution in [0.4, 0.5) is 0 Å². The van der Waals surface area contributed by atoms with Gasteiger partial charge >= 0.3 is 0 Å².